The van der Waals surface area contributed by atoms with E-state index in [0.717, 1.165) is 40.8 Å². The maximum atomic E-state index is 13.1. The van der Waals surface area contributed by atoms with Crippen LogP contribution in [0, 0.1) is 5.92 Å². The number of methoxy groups -OCH3 is 1. The summed E-state index contributed by atoms with van der Waals surface area (Å²) in [6, 6.07) is 5.44. The molecule has 2 aromatic heterocycles. The van der Waals surface area contributed by atoms with Crippen molar-refractivity contribution in [2.75, 3.05) is 7.11 Å². The van der Waals surface area contributed by atoms with Crippen molar-refractivity contribution >= 4 is 33.2 Å². The SMILES string of the molecule is COc1ccc(Cl)cc1Cn1cnc2sc3c(c2c1=O)CC[C@@H](C)C3. The number of aryl methyl sites for hydroxylation is 1. The molecule has 0 bridgehead atoms. The van der Waals surface area contributed by atoms with E-state index in [1.807, 2.05) is 12.1 Å². The summed E-state index contributed by atoms with van der Waals surface area (Å²) < 4.78 is 7.05. The molecule has 0 saturated heterocycles. The summed E-state index contributed by atoms with van der Waals surface area (Å²) in [5, 5.41) is 1.43. The summed E-state index contributed by atoms with van der Waals surface area (Å²) in [5.41, 5.74) is 2.11. The first-order valence-electron chi connectivity index (χ1n) is 8.39. The van der Waals surface area contributed by atoms with Crippen LogP contribution in [0.1, 0.15) is 29.3 Å². The highest BCUT2D eigenvalue weighted by Crippen LogP contribution is 2.35. The van der Waals surface area contributed by atoms with E-state index in [0.29, 0.717) is 17.5 Å². The monoisotopic (exact) mass is 374 g/mol. The normalized spacial score (nSPS) is 16.8. The van der Waals surface area contributed by atoms with Gasteiger partial charge in [0, 0.05) is 15.5 Å². The minimum absolute atomic E-state index is 0.0269. The van der Waals surface area contributed by atoms with Gasteiger partial charge in [-0.05, 0) is 48.9 Å². The highest BCUT2D eigenvalue weighted by atomic mass is 35.5. The average Bonchev–Trinajstić information content (AvgIpc) is 2.95. The molecule has 0 aliphatic heterocycles. The van der Waals surface area contributed by atoms with Crippen molar-refractivity contribution in [3.8, 4) is 5.75 Å². The van der Waals surface area contributed by atoms with Crippen LogP contribution < -0.4 is 10.3 Å². The van der Waals surface area contributed by atoms with E-state index in [1.165, 1.54) is 10.4 Å². The van der Waals surface area contributed by atoms with Crippen molar-refractivity contribution in [1.82, 2.24) is 9.55 Å². The Labute approximate surface area is 155 Å². The maximum absolute atomic E-state index is 13.1. The Kier molecular flexibility index (Phi) is 4.29. The van der Waals surface area contributed by atoms with E-state index in [4.69, 9.17) is 16.3 Å². The van der Waals surface area contributed by atoms with E-state index in [-0.39, 0.29) is 5.56 Å². The van der Waals surface area contributed by atoms with Crippen LogP contribution in [-0.2, 0) is 19.4 Å². The van der Waals surface area contributed by atoms with Gasteiger partial charge >= 0.3 is 0 Å². The molecule has 0 saturated carbocycles. The summed E-state index contributed by atoms with van der Waals surface area (Å²) in [5.74, 6) is 1.40. The van der Waals surface area contributed by atoms with Crippen LogP contribution in [0.15, 0.2) is 29.3 Å². The topological polar surface area (TPSA) is 44.1 Å². The van der Waals surface area contributed by atoms with Gasteiger partial charge in [0.1, 0.15) is 10.6 Å². The Morgan fingerprint density at radius 3 is 3.08 bits per heavy atom. The first kappa shape index (κ1) is 16.6. The molecule has 0 N–H and O–H groups in total. The molecular formula is C19H19ClN2O2S. The van der Waals surface area contributed by atoms with E-state index in [9.17, 15) is 4.79 Å². The number of halogens is 1. The summed E-state index contributed by atoms with van der Waals surface area (Å²) in [4.78, 5) is 19.8. The highest BCUT2D eigenvalue weighted by Gasteiger charge is 2.23. The summed E-state index contributed by atoms with van der Waals surface area (Å²) in [7, 11) is 1.62. The molecule has 4 rings (SSSR count). The summed E-state index contributed by atoms with van der Waals surface area (Å²) >= 11 is 7.78. The van der Waals surface area contributed by atoms with Crippen LogP contribution in [0.4, 0.5) is 0 Å². The zero-order valence-electron chi connectivity index (χ0n) is 14.2. The van der Waals surface area contributed by atoms with E-state index < -0.39 is 0 Å². The molecule has 1 aliphatic rings. The van der Waals surface area contributed by atoms with Gasteiger partial charge in [-0.25, -0.2) is 4.98 Å². The molecule has 1 aliphatic carbocycles. The third-order valence-corrected chi connectivity index (χ3v) is 6.26. The molecule has 4 nitrogen and oxygen atoms in total. The molecule has 0 radical (unpaired) electrons. The van der Waals surface area contributed by atoms with Crippen LogP contribution in [-0.4, -0.2) is 16.7 Å². The minimum atomic E-state index is 0.0269. The Morgan fingerprint density at radius 1 is 1.44 bits per heavy atom. The van der Waals surface area contributed by atoms with Crippen LogP contribution in [0.5, 0.6) is 5.75 Å². The molecule has 0 unspecified atom stereocenters. The first-order valence-corrected chi connectivity index (χ1v) is 9.58. The largest absolute Gasteiger partial charge is 0.496 e. The van der Waals surface area contributed by atoms with Crippen molar-refractivity contribution in [3.05, 3.63) is 55.9 Å². The molecule has 0 amide bonds. The highest BCUT2D eigenvalue weighted by molar-refractivity contribution is 7.18. The van der Waals surface area contributed by atoms with E-state index >= 15 is 0 Å². The van der Waals surface area contributed by atoms with Gasteiger partial charge in [-0.3, -0.25) is 9.36 Å². The Hall–Kier alpha value is -1.85. The second-order valence-corrected chi connectivity index (χ2v) is 8.19. The van der Waals surface area contributed by atoms with E-state index in [1.54, 1.807) is 35.4 Å². The molecule has 1 atom stereocenters. The minimum Gasteiger partial charge on any atom is -0.496 e. The molecule has 25 heavy (non-hydrogen) atoms. The zero-order chi connectivity index (χ0) is 17.6. The zero-order valence-corrected chi connectivity index (χ0v) is 15.8. The quantitative estimate of drug-likeness (QED) is 0.686. The standard InChI is InChI=1S/C19H19ClN2O2S/c1-11-3-5-14-16(7-11)25-18-17(14)19(23)22(10-21-18)9-12-8-13(20)4-6-15(12)24-2/h4,6,8,10-11H,3,5,7,9H2,1-2H3/t11-/m1/s1. The van der Waals surface area contributed by atoms with Crippen LogP contribution >= 0.6 is 22.9 Å². The van der Waals surface area contributed by atoms with Gasteiger partial charge in [0.05, 0.1) is 25.4 Å². The Morgan fingerprint density at radius 2 is 2.28 bits per heavy atom. The summed E-state index contributed by atoms with van der Waals surface area (Å²) in [6.45, 7) is 2.66. The van der Waals surface area contributed by atoms with Gasteiger partial charge in [-0.2, -0.15) is 0 Å². The molecule has 6 heteroatoms. The fraction of sp³-hybridized carbons (Fsp3) is 0.368. The first-order chi connectivity index (χ1) is 12.1. The smallest absolute Gasteiger partial charge is 0.262 e. The average molecular weight is 375 g/mol. The third-order valence-electron chi connectivity index (χ3n) is 4.87. The van der Waals surface area contributed by atoms with Crippen molar-refractivity contribution in [1.29, 1.82) is 0 Å². The van der Waals surface area contributed by atoms with Crippen LogP contribution in [0.3, 0.4) is 0 Å². The lowest BCUT2D eigenvalue weighted by molar-refractivity contribution is 0.408. The fourth-order valence-corrected chi connectivity index (χ4v) is 5.07. The number of rotatable bonds is 3. The van der Waals surface area contributed by atoms with Crippen LogP contribution in [0.2, 0.25) is 5.02 Å². The van der Waals surface area contributed by atoms with Crippen LogP contribution in [0.25, 0.3) is 10.2 Å². The van der Waals surface area contributed by atoms with Crippen molar-refractivity contribution in [2.45, 2.75) is 32.7 Å². The number of ether oxygens (including phenoxy) is 1. The van der Waals surface area contributed by atoms with Gasteiger partial charge in [-0.15, -0.1) is 11.3 Å². The van der Waals surface area contributed by atoms with Crippen molar-refractivity contribution in [3.63, 3.8) is 0 Å². The second kappa shape index (κ2) is 6.46. The molecule has 0 spiro atoms. The molecule has 1 aromatic carbocycles. The second-order valence-electron chi connectivity index (χ2n) is 6.67. The van der Waals surface area contributed by atoms with Gasteiger partial charge in [-0.1, -0.05) is 18.5 Å². The number of aromatic nitrogens is 2. The Bertz CT molecular complexity index is 1010. The van der Waals surface area contributed by atoms with Gasteiger partial charge in [0.25, 0.3) is 5.56 Å². The molecule has 3 aromatic rings. The number of fused-ring (bicyclic) bond motifs is 3. The molecule has 2 heterocycles. The lowest BCUT2D eigenvalue weighted by Crippen LogP contribution is -2.22. The predicted molar refractivity (Wildman–Crippen MR) is 102 cm³/mol. The Balaban J connectivity index is 1.80. The third kappa shape index (κ3) is 2.96. The van der Waals surface area contributed by atoms with Gasteiger partial charge < -0.3 is 4.74 Å². The number of benzene rings is 1. The lowest BCUT2D eigenvalue weighted by Gasteiger charge is -2.17. The molecular weight excluding hydrogens is 356 g/mol. The van der Waals surface area contributed by atoms with Gasteiger partial charge in [0.2, 0.25) is 0 Å². The van der Waals surface area contributed by atoms with E-state index in [2.05, 4.69) is 11.9 Å². The van der Waals surface area contributed by atoms with Crippen molar-refractivity contribution < 1.29 is 4.74 Å². The molecule has 0 fully saturated rings. The van der Waals surface area contributed by atoms with Gasteiger partial charge in [0.15, 0.2) is 0 Å². The summed E-state index contributed by atoms with van der Waals surface area (Å²) in [6.07, 6.45) is 4.79. The number of hydrogen-bond donors (Lipinski definition) is 0. The number of hydrogen-bond acceptors (Lipinski definition) is 4. The fourth-order valence-electron chi connectivity index (χ4n) is 3.53. The van der Waals surface area contributed by atoms with Crippen molar-refractivity contribution in [2.24, 2.45) is 5.92 Å². The number of nitrogens with zero attached hydrogens (tertiary/aromatic N) is 2. The predicted octanol–water partition coefficient (Wildman–Crippen LogP) is 4.29. The maximum Gasteiger partial charge on any atom is 0.262 e. The molecule has 130 valence electrons. The number of thiophene rings is 1. The lowest BCUT2D eigenvalue weighted by atomic mass is 9.89.